The van der Waals surface area contributed by atoms with Gasteiger partial charge in [-0.15, -0.1) is 11.3 Å². The molecule has 4 aromatic heterocycles. The number of carbonyl (C=O) groups is 1. The molecule has 1 aromatic carbocycles. The molecule has 0 saturated heterocycles. The number of nitriles is 2. The summed E-state index contributed by atoms with van der Waals surface area (Å²) in [5.74, 6) is 1.03. The van der Waals surface area contributed by atoms with Gasteiger partial charge in [-0.1, -0.05) is 30.3 Å². The molecule has 0 aliphatic heterocycles. The number of anilines is 2. The summed E-state index contributed by atoms with van der Waals surface area (Å²) in [6, 6.07) is 21.4. The highest BCUT2D eigenvalue weighted by atomic mass is 32.1. The van der Waals surface area contributed by atoms with Crippen LogP contribution in [0.5, 0.6) is 0 Å². The van der Waals surface area contributed by atoms with Gasteiger partial charge in [-0.3, -0.25) is 9.58 Å². The minimum Gasteiger partial charge on any atom is -0.351 e. The smallest absolute Gasteiger partial charge is 0.323 e. The van der Waals surface area contributed by atoms with Crippen molar-refractivity contribution < 1.29 is 4.79 Å². The Morgan fingerprint density at radius 1 is 0.978 bits per heavy atom. The van der Waals surface area contributed by atoms with Crippen LogP contribution in [0.2, 0.25) is 0 Å². The molecule has 1 saturated carbocycles. The van der Waals surface area contributed by atoms with Crippen LogP contribution in [0.25, 0.3) is 21.7 Å². The summed E-state index contributed by atoms with van der Waals surface area (Å²) in [6.45, 7) is 0.416. The molecule has 1 aliphatic rings. The van der Waals surface area contributed by atoms with E-state index in [2.05, 4.69) is 37.8 Å². The van der Waals surface area contributed by atoms with Crippen molar-refractivity contribution in [1.82, 2.24) is 30.0 Å². The number of nitrogens with one attached hydrogen (secondary N) is 2. The third-order valence-electron chi connectivity index (χ3n) is 7.79. The first-order valence-corrected chi connectivity index (χ1v) is 15.4. The zero-order chi connectivity index (χ0) is 31.2. The first-order valence-electron chi connectivity index (χ1n) is 14.6. The van der Waals surface area contributed by atoms with E-state index in [1.807, 2.05) is 55.7 Å². The first kappa shape index (κ1) is 29.5. The van der Waals surface area contributed by atoms with Gasteiger partial charge >= 0.3 is 6.03 Å². The third-order valence-corrected chi connectivity index (χ3v) is 8.79. The Morgan fingerprint density at radius 3 is 2.47 bits per heavy atom. The van der Waals surface area contributed by atoms with Gasteiger partial charge in [0.2, 0.25) is 5.95 Å². The number of hydrogen-bond donors (Lipinski definition) is 2. The highest BCUT2D eigenvalue weighted by Gasteiger charge is 2.31. The number of aromatic nitrogens is 5. The lowest BCUT2D eigenvalue weighted by molar-refractivity contribution is 0.240. The van der Waals surface area contributed by atoms with Crippen molar-refractivity contribution in [2.45, 2.75) is 44.3 Å². The summed E-state index contributed by atoms with van der Waals surface area (Å²) in [7, 11) is 1.87. The highest BCUT2D eigenvalue weighted by molar-refractivity contribution is 7.16. The van der Waals surface area contributed by atoms with Crippen LogP contribution >= 0.6 is 11.3 Å². The van der Waals surface area contributed by atoms with Crippen molar-refractivity contribution in [1.29, 1.82) is 10.5 Å². The van der Waals surface area contributed by atoms with Crippen LogP contribution in [-0.4, -0.2) is 42.8 Å². The maximum Gasteiger partial charge on any atom is 0.323 e. The summed E-state index contributed by atoms with van der Waals surface area (Å²) in [5.41, 5.74) is 3.78. The fourth-order valence-electron chi connectivity index (χ4n) is 5.49. The molecule has 1 aliphatic carbocycles. The van der Waals surface area contributed by atoms with E-state index >= 15 is 0 Å². The van der Waals surface area contributed by atoms with Crippen molar-refractivity contribution in [3.63, 3.8) is 0 Å². The lowest BCUT2D eigenvalue weighted by Crippen LogP contribution is -2.49. The van der Waals surface area contributed by atoms with E-state index in [-0.39, 0.29) is 18.1 Å². The minimum absolute atomic E-state index is 0.0523. The van der Waals surface area contributed by atoms with E-state index in [1.165, 1.54) is 17.5 Å². The maximum atomic E-state index is 13.7. The van der Waals surface area contributed by atoms with Crippen LogP contribution in [-0.2, 0) is 13.6 Å². The zero-order valence-electron chi connectivity index (χ0n) is 24.6. The summed E-state index contributed by atoms with van der Waals surface area (Å²) < 4.78 is 1.75. The normalized spacial score (nSPS) is 15.9. The van der Waals surface area contributed by atoms with Crippen molar-refractivity contribution in [2.75, 3.05) is 10.2 Å². The molecule has 0 unspecified atom stereocenters. The van der Waals surface area contributed by atoms with E-state index in [9.17, 15) is 15.3 Å². The van der Waals surface area contributed by atoms with E-state index in [4.69, 9.17) is 4.98 Å². The van der Waals surface area contributed by atoms with Crippen LogP contribution in [0.4, 0.5) is 16.6 Å². The molecule has 4 heterocycles. The van der Waals surface area contributed by atoms with Crippen molar-refractivity contribution in [3.05, 3.63) is 95.4 Å². The number of benzene rings is 1. The SMILES string of the molecule is Cn1cc(-c2ccc(N(C(=O)NCc3ccccc3)[C@H]3CC[C@H](Nc4ncc(C#N)c(-c5ccc(C#N)s5)n4)CC3)nc2)cn1. The minimum atomic E-state index is -0.190. The van der Waals surface area contributed by atoms with Crippen LogP contribution in [0.1, 0.15) is 41.7 Å². The van der Waals surface area contributed by atoms with Gasteiger partial charge in [0.15, 0.2) is 0 Å². The molecule has 0 spiro atoms. The molecule has 0 radical (unpaired) electrons. The number of pyridine rings is 1. The quantitative estimate of drug-likeness (QED) is 0.220. The molecule has 6 rings (SSSR count). The predicted octanol–water partition coefficient (Wildman–Crippen LogP) is 5.88. The lowest BCUT2D eigenvalue weighted by atomic mass is 9.90. The number of rotatable bonds is 8. The Hall–Kier alpha value is -5.59. The first-order chi connectivity index (χ1) is 22.0. The van der Waals surface area contributed by atoms with Crippen LogP contribution < -0.4 is 15.5 Å². The number of urea groups is 1. The molecule has 2 amide bonds. The fraction of sp³-hybridized carbons (Fsp3) is 0.242. The van der Waals surface area contributed by atoms with E-state index in [0.29, 0.717) is 34.4 Å². The van der Waals surface area contributed by atoms with E-state index in [0.717, 1.165) is 47.3 Å². The van der Waals surface area contributed by atoms with Gasteiger partial charge in [0.1, 0.15) is 28.5 Å². The van der Waals surface area contributed by atoms with Gasteiger partial charge in [-0.25, -0.2) is 19.7 Å². The predicted molar refractivity (Wildman–Crippen MR) is 172 cm³/mol. The van der Waals surface area contributed by atoms with Crippen LogP contribution in [0.3, 0.4) is 0 Å². The maximum absolute atomic E-state index is 13.7. The van der Waals surface area contributed by atoms with Crippen LogP contribution in [0.15, 0.2) is 79.4 Å². The van der Waals surface area contributed by atoms with Gasteiger partial charge in [0, 0.05) is 49.2 Å². The summed E-state index contributed by atoms with van der Waals surface area (Å²) >= 11 is 1.29. The number of carbonyl (C=O) groups excluding carboxylic acids is 1. The van der Waals surface area contributed by atoms with Gasteiger partial charge in [-0.05, 0) is 55.5 Å². The number of thiophene rings is 1. The van der Waals surface area contributed by atoms with Gasteiger partial charge in [0.05, 0.1) is 22.8 Å². The topological polar surface area (TPSA) is 148 Å². The molecule has 11 nitrogen and oxygen atoms in total. The molecule has 5 aromatic rings. The second-order valence-electron chi connectivity index (χ2n) is 10.8. The lowest BCUT2D eigenvalue weighted by Gasteiger charge is -2.36. The standard InChI is InChI=1S/C33H30N10OS/c1-42-21-25(20-39-42)23-7-14-30(36-18-23)43(33(44)38-17-22-5-3-2-4-6-22)27-10-8-26(9-11-27)40-32-37-19-24(15-34)31(41-32)29-13-12-28(16-35)45-29/h2-7,12-14,18-21,26-27H,8-11,17H2,1H3,(H,38,44)(H,37,40,41)/t26-,27-. The summed E-state index contributed by atoms with van der Waals surface area (Å²) in [6.07, 6.45) is 10.1. The van der Waals surface area contributed by atoms with E-state index < -0.39 is 0 Å². The number of nitrogens with zero attached hydrogens (tertiary/aromatic N) is 8. The summed E-state index contributed by atoms with van der Waals surface area (Å²) in [4.78, 5) is 30.5. The molecule has 0 atom stereocenters. The molecule has 2 N–H and O–H groups in total. The van der Waals surface area contributed by atoms with Gasteiger partial charge in [-0.2, -0.15) is 15.6 Å². The molecule has 1 fully saturated rings. The second kappa shape index (κ2) is 13.4. The molecule has 12 heteroatoms. The average Bonchev–Trinajstić information content (AvgIpc) is 3.75. The van der Waals surface area contributed by atoms with Gasteiger partial charge in [0.25, 0.3) is 0 Å². The summed E-state index contributed by atoms with van der Waals surface area (Å²) in [5, 5.41) is 29.6. The Labute approximate surface area is 264 Å². The second-order valence-corrected chi connectivity index (χ2v) is 11.9. The van der Waals surface area contributed by atoms with Crippen molar-refractivity contribution in [2.24, 2.45) is 7.05 Å². The third kappa shape index (κ3) is 6.82. The number of aryl methyl sites for hydroxylation is 1. The zero-order valence-corrected chi connectivity index (χ0v) is 25.4. The van der Waals surface area contributed by atoms with Crippen molar-refractivity contribution >= 4 is 29.1 Å². The van der Waals surface area contributed by atoms with Crippen LogP contribution in [0, 0.1) is 22.7 Å². The number of amides is 2. The number of hydrogen-bond acceptors (Lipinski definition) is 9. The largest absolute Gasteiger partial charge is 0.351 e. The highest BCUT2D eigenvalue weighted by Crippen LogP contribution is 2.32. The average molecular weight is 615 g/mol. The molecule has 45 heavy (non-hydrogen) atoms. The Bertz CT molecular complexity index is 1860. The Kier molecular flexibility index (Phi) is 8.76. The molecular weight excluding hydrogens is 584 g/mol. The Morgan fingerprint density at radius 2 is 1.80 bits per heavy atom. The monoisotopic (exact) mass is 614 g/mol. The molecule has 224 valence electrons. The Balaban J connectivity index is 1.17. The fourth-order valence-corrected chi connectivity index (χ4v) is 6.30. The van der Waals surface area contributed by atoms with Crippen molar-refractivity contribution in [3.8, 4) is 33.8 Å². The molecule has 0 bridgehead atoms. The van der Waals surface area contributed by atoms with Gasteiger partial charge < -0.3 is 10.6 Å². The molecular formula is C33H30N10OS. The van der Waals surface area contributed by atoms with E-state index in [1.54, 1.807) is 34.1 Å².